The van der Waals surface area contributed by atoms with Crippen LogP contribution in [0.2, 0.25) is 0 Å². The Morgan fingerprint density at radius 2 is 2.20 bits per heavy atom. The van der Waals surface area contributed by atoms with E-state index >= 15 is 0 Å². The average Bonchev–Trinajstić information content (AvgIpc) is 2.25. The minimum Gasteiger partial charge on any atom is -0.317 e. The summed E-state index contributed by atoms with van der Waals surface area (Å²) >= 11 is 0. The zero-order valence-corrected chi connectivity index (χ0v) is 8.70. The first-order valence-electron chi connectivity index (χ1n) is 4.99. The van der Waals surface area contributed by atoms with Gasteiger partial charge in [0.05, 0.1) is 5.52 Å². The highest BCUT2D eigenvalue weighted by Gasteiger charge is 2.02. The number of aryl methyl sites for hydroxylation is 1. The first-order valence-corrected chi connectivity index (χ1v) is 4.99. The van der Waals surface area contributed by atoms with Gasteiger partial charge in [0.2, 0.25) is 6.54 Å². The van der Waals surface area contributed by atoms with Crippen LogP contribution in [0.15, 0.2) is 30.5 Å². The standard InChI is InChI=1S/C13H12N2/c1-10-3-4-12-11(5-7-14-2)6-8-15-13(12)9-10/h3-4,6,8-9H,5,7H2,1H3. The zero-order valence-electron chi connectivity index (χ0n) is 8.70. The van der Waals surface area contributed by atoms with Crippen molar-refractivity contribution in [3.63, 3.8) is 0 Å². The van der Waals surface area contributed by atoms with E-state index in [2.05, 4.69) is 35.0 Å². The topological polar surface area (TPSA) is 17.2 Å². The van der Waals surface area contributed by atoms with Gasteiger partial charge in [-0.2, -0.15) is 0 Å². The fraction of sp³-hybridized carbons (Fsp3) is 0.231. The monoisotopic (exact) mass is 196 g/mol. The van der Waals surface area contributed by atoms with Gasteiger partial charge in [0.15, 0.2) is 0 Å². The second-order valence-corrected chi connectivity index (χ2v) is 3.62. The van der Waals surface area contributed by atoms with Crippen LogP contribution in [0.3, 0.4) is 0 Å². The Morgan fingerprint density at radius 3 is 3.00 bits per heavy atom. The summed E-state index contributed by atoms with van der Waals surface area (Å²) < 4.78 is 0. The Balaban J connectivity index is 2.52. The van der Waals surface area contributed by atoms with Crippen molar-refractivity contribution in [3.8, 4) is 0 Å². The van der Waals surface area contributed by atoms with Crippen molar-refractivity contribution in [1.29, 1.82) is 0 Å². The molecule has 0 aliphatic rings. The lowest BCUT2D eigenvalue weighted by Gasteiger charge is -2.03. The molecule has 15 heavy (non-hydrogen) atoms. The maximum Gasteiger partial charge on any atom is 0.218 e. The van der Waals surface area contributed by atoms with Gasteiger partial charge in [-0.15, -0.1) is 0 Å². The molecule has 0 aliphatic carbocycles. The highest BCUT2D eigenvalue weighted by atomic mass is 14.7. The SMILES string of the molecule is [C-]#[N+]CCc1ccnc2cc(C)ccc12. The highest BCUT2D eigenvalue weighted by molar-refractivity contribution is 5.82. The minimum absolute atomic E-state index is 0.549. The number of fused-ring (bicyclic) bond motifs is 1. The van der Waals surface area contributed by atoms with Gasteiger partial charge in [-0.1, -0.05) is 12.1 Å². The van der Waals surface area contributed by atoms with Crippen LogP contribution in [-0.4, -0.2) is 11.5 Å². The lowest BCUT2D eigenvalue weighted by Crippen LogP contribution is -1.91. The molecule has 0 saturated heterocycles. The van der Waals surface area contributed by atoms with Crippen LogP contribution in [0.25, 0.3) is 15.7 Å². The third kappa shape index (κ3) is 1.97. The molecule has 0 amide bonds. The first kappa shape index (κ1) is 9.67. The van der Waals surface area contributed by atoms with Gasteiger partial charge in [-0.25, -0.2) is 6.57 Å². The van der Waals surface area contributed by atoms with Crippen LogP contribution in [0.5, 0.6) is 0 Å². The summed E-state index contributed by atoms with van der Waals surface area (Å²) in [6, 6.07) is 8.27. The van der Waals surface area contributed by atoms with E-state index in [4.69, 9.17) is 6.57 Å². The van der Waals surface area contributed by atoms with Crippen molar-refractivity contribution < 1.29 is 0 Å². The lowest BCUT2D eigenvalue weighted by molar-refractivity contribution is 1.09. The second kappa shape index (κ2) is 4.10. The molecule has 2 heteroatoms. The Kier molecular flexibility index (Phi) is 2.64. The molecule has 2 rings (SSSR count). The molecule has 0 saturated carbocycles. The van der Waals surface area contributed by atoms with Gasteiger partial charge in [-0.3, -0.25) is 4.98 Å². The number of hydrogen-bond acceptors (Lipinski definition) is 1. The molecular formula is C13H12N2. The number of rotatable bonds is 2. The summed E-state index contributed by atoms with van der Waals surface area (Å²) in [7, 11) is 0. The molecule has 1 aromatic heterocycles. The van der Waals surface area contributed by atoms with Crippen molar-refractivity contribution in [2.24, 2.45) is 0 Å². The number of nitrogens with zero attached hydrogens (tertiary/aromatic N) is 2. The molecule has 1 aromatic carbocycles. The molecule has 2 aromatic rings. The maximum absolute atomic E-state index is 6.80. The van der Waals surface area contributed by atoms with Crippen LogP contribution in [0, 0.1) is 13.5 Å². The van der Waals surface area contributed by atoms with Crippen molar-refractivity contribution in [2.75, 3.05) is 6.54 Å². The summed E-state index contributed by atoms with van der Waals surface area (Å²) in [6.45, 7) is 9.41. The third-order valence-corrected chi connectivity index (χ3v) is 2.48. The van der Waals surface area contributed by atoms with E-state index in [1.165, 1.54) is 16.5 Å². The largest absolute Gasteiger partial charge is 0.317 e. The van der Waals surface area contributed by atoms with E-state index in [9.17, 15) is 0 Å². The van der Waals surface area contributed by atoms with Gasteiger partial charge in [0.1, 0.15) is 0 Å². The van der Waals surface area contributed by atoms with Gasteiger partial charge < -0.3 is 4.85 Å². The van der Waals surface area contributed by atoms with Crippen molar-refractivity contribution >= 4 is 10.9 Å². The molecular weight excluding hydrogens is 184 g/mol. The molecule has 74 valence electrons. The molecule has 0 atom stereocenters. The van der Waals surface area contributed by atoms with Crippen molar-refractivity contribution in [2.45, 2.75) is 13.3 Å². The molecule has 0 aliphatic heterocycles. The highest BCUT2D eigenvalue weighted by Crippen LogP contribution is 2.18. The van der Waals surface area contributed by atoms with E-state index in [0.29, 0.717) is 6.54 Å². The number of benzene rings is 1. The molecule has 0 unspecified atom stereocenters. The zero-order chi connectivity index (χ0) is 10.7. The van der Waals surface area contributed by atoms with Crippen molar-refractivity contribution in [1.82, 2.24) is 4.98 Å². The summed E-state index contributed by atoms with van der Waals surface area (Å²) in [4.78, 5) is 7.72. The first-order chi connectivity index (χ1) is 7.31. The Morgan fingerprint density at radius 1 is 1.33 bits per heavy atom. The molecule has 2 nitrogen and oxygen atoms in total. The van der Waals surface area contributed by atoms with E-state index in [1.54, 1.807) is 0 Å². The fourth-order valence-electron chi connectivity index (χ4n) is 1.71. The van der Waals surface area contributed by atoms with Gasteiger partial charge in [0, 0.05) is 18.0 Å². The minimum atomic E-state index is 0.549. The quantitative estimate of drug-likeness (QED) is 0.675. The van der Waals surface area contributed by atoms with Gasteiger partial charge in [0.25, 0.3) is 0 Å². The summed E-state index contributed by atoms with van der Waals surface area (Å²) in [5.74, 6) is 0. The second-order valence-electron chi connectivity index (χ2n) is 3.62. The predicted molar refractivity (Wildman–Crippen MR) is 61.7 cm³/mol. The van der Waals surface area contributed by atoms with Crippen LogP contribution >= 0.6 is 0 Å². The number of aromatic nitrogens is 1. The number of pyridine rings is 1. The molecule has 0 fully saturated rings. The normalized spacial score (nSPS) is 10.1. The fourth-order valence-corrected chi connectivity index (χ4v) is 1.71. The number of hydrogen-bond donors (Lipinski definition) is 0. The van der Waals surface area contributed by atoms with Crippen LogP contribution < -0.4 is 0 Å². The summed E-state index contributed by atoms with van der Waals surface area (Å²) in [5.41, 5.74) is 3.46. The van der Waals surface area contributed by atoms with Gasteiger partial charge >= 0.3 is 0 Å². The third-order valence-electron chi connectivity index (χ3n) is 2.48. The van der Waals surface area contributed by atoms with Crippen LogP contribution in [0.1, 0.15) is 11.1 Å². The molecule has 1 heterocycles. The van der Waals surface area contributed by atoms with E-state index in [1.807, 2.05) is 12.3 Å². The van der Waals surface area contributed by atoms with Crippen LogP contribution in [-0.2, 0) is 6.42 Å². The molecule has 0 spiro atoms. The Hall–Kier alpha value is -1.88. The molecule has 0 radical (unpaired) electrons. The van der Waals surface area contributed by atoms with Crippen LogP contribution in [0.4, 0.5) is 0 Å². The summed E-state index contributed by atoms with van der Waals surface area (Å²) in [6.07, 6.45) is 2.63. The smallest absolute Gasteiger partial charge is 0.218 e. The summed E-state index contributed by atoms with van der Waals surface area (Å²) in [5, 5.41) is 1.17. The predicted octanol–water partition coefficient (Wildman–Crippen LogP) is 3.01. The van der Waals surface area contributed by atoms with Gasteiger partial charge in [-0.05, 0) is 30.2 Å². The maximum atomic E-state index is 6.80. The van der Waals surface area contributed by atoms with E-state index in [0.717, 1.165) is 11.9 Å². The average molecular weight is 196 g/mol. The van der Waals surface area contributed by atoms with Crippen molar-refractivity contribution in [3.05, 3.63) is 53.0 Å². The lowest BCUT2D eigenvalue weighted by atomic mass is 10.0. The van der Waals surface area contributed by atoms with E-state index < -0.39 is 0 Å². The molecule has 0 bridgehead atoms. The Labute approximate surface area is 89.4 Å². The van der Waals surface area contributed by atoms with E-state index in [-0.39, 0.29) is 0 Å². The molecule has 0 N–H and O–H groups in total. The Bertz CT molecular complexity index is 524.